The van der Waals surface area contributed by atoms with Crippen LogP contribution in [0.2, 0.25) is 0 Å². The smallest absolute Gasteiger partial charge is 0.261 e. The standard InChI is InChI=1S/C14H11FN2O3S/c1-20-14-7-4-11(8-13(14)15)17-21(18,19)12-5-2-10(9-16)3-6-12/h2-8,17H,1H3. The Morgan fingerprint density at radius 3 is 2.38 bits per heavy atom. The quantitative estimate of drug-likeness (QED) is 0.941. The maximum atomic E-state index is 13.5. The zero-order chi connectivity index (χ0) is 15.5. The number of nitriles is 1. The molecule has 0 spiro atoms. The highest BCUT2D eigenvalue weighted by molar-refractivity contribution is 7.92. The van der Waals surface area contributed by atoms with Gasteiger partial charge in [-0.15, -0.1) is 0 Å². The monoisotopic (exact) mass is 306 g/mol. The third-order valence-electron chi connectivity index (χ3n) is 2.70. The number of sulfonamides is 1. The minimum Gasteiger partial charge on any atom is -0.494 e. The minimum atomic E-state index is -3.84. The molecule has 0 atom stereocenters. The number of hydrogen-bond acceptors (Lipinski definition) is 4. The Labute approximate surface area is 121 Å². The van der Waals surface area contributed by atoms with Crippen LogP contribution in [0.5, 0.6) is 5.75 Å². The Kier molecular flexibility index (Phi) is 4.10. The number of methoxy groups -OCH3 is 1. The van der Waals surface area contributed by atoms with Gasteiger partial charge in [-0.05, 0) is 36.4 Å². The second-order valence-electron chi connectivity index (χ2n) is 4.09. The molecule has 1 N–H and O–H groups in total. The van der Waals surface area contributed by atoms with Gasteiger partial charge in [0.25, 0.3) is 10.0 Å². The van der Waals surface area contributed by atoms with Crippen molar-refractivity contribution in [3.8, 4) is 11.8 Å². The molecule has 0 aliphatic heterocycles. The Hall–Kier alpha value is -2.59. The summed E-state index contributed by atoms with van der Waals surface area (Å²) in [5.41, 5.74) is 0.433. The fourth-order valence-corrected chi connectivity index (χ4v) is 2.70. The van der Waals surface area contributed by atoms with Crippen LogP contribution in [0.25, 0.3) is 0 Å². The van der Waals surface area contributed by atoms with Crippen LogP contribution >= 0.6 is 0 Å². The zero-order valence-electron chi connectivity index (χ0n) is 11.0. The largest absolute Gasteiger partial charge is 0.494 e. The second-order valence-corrected chi connectivity index (χ2v) is 5.77. The van der Waals surface area contributed by atoms with E-state index in [0.717, 1.165) is 6.07 Å². The van der Waals surface area contributed by atoms with Crippen LogP contribution < -0.4 is 9.46 Å². The molecule has 0 aromatic heterocycles. The maximum absolute atomic E-state index is 13.5. The number of hydrogen-bond donors (Lipinski definition) is 1. The molecule has 0 aliphatic rings. The van der Waals surface area contributed by atoms with E-state index >= 15 is 0 Å². The van der Waals surface area contributed by atoms with Crippen molar-refractivity contribution in [3.05, 3.63) is 53.8 Å². The highest BCUT2D eigenvalue weighted by Crippen LogP contribution is 2.23. The van der Waals surface area contributed by atoms with Gasteiger partial charge in [0.05, 0.1) is 29.3 Å². The van der Waals surface area contributed by atoms with Gasteiger partial charge in [0.1, 0.15) is 0 Å². The summed E-state index contributed by atoms with van der Waals surface area (Å²) in [7, 11) is -2.52. The van der Waals surface area contributed by atoms with Gasteiger partial charge in [-0.1, -0.05) is 0 Å². The van der Waals surface area contributed by atoms with Crippen molar-refractivity contribution in [2.45, 2.75) is 4.90 Å². The van der Waals surface area contributed by atoms with Gasteiger partial charge in [0.2, 0.25) is 0 Å². The summed E-state index contributed by atoms with van der Waals surface area (Å²) < 4.78 is 44.8. The summed E-state index contributed by atoms with van der Waals surface area (Å²) in [5.74, 6) is -0.645. The lowest BCUT2D eigenvalue weighted by Crippen LogP contribution is -2.13. The highest BCUT2D eigenvalue weighted by atomic mass is 32.2. The first-order valence-electron chi connectivity index (χ1n) is 5.83. The lowest BCUT2D eigenvalue weighted by molar-refractivity contribution is 0.386. The highest BCUT2D eigenvalue weighted by Gasteiger charge is 2.15. The zero-order valence-corrected chi connectivity index (χ0v) is 11.8. The minimum absolute atomic E-state index is 0.0160. The van der Waals surface area contributed by atoms with Gasteiger partial charge >= 0.3 is 0 Å². The topological polar surface area (TPSA) is 79.2 Å². The molecule has 7 heteroatoms. The molecule has 108 valence electrons. The number of anilines is 1. The molecular weight excluding hydrogens is 295 g/mol. The van der Waals surface area contributed by atoms with Crippen molar-refractivity contribution >= 4 is 15.7 Å². The average Bonchev–Trinajstić information content (AvgIpc) is 2.47. The van der Waals surface area contributed by atoms with Gasteiger partial charge in [0, 0.05) is 6.07 Å². The molecule has 2 aromatic carbocycles. The van der Waals surface area contributed by atoms with E-state index in [4.69, 9.17) is 10.00 Å². The number of halogens is 1. The Balaban J connectivity index is 2.28. The first kappa shape index (κ1) is 14.8. The Morgan fingerprint density at radius 2 is 1.86 bits per heavy atom. The van der Waals surface area contributed by atoms with E-state index in [-0.39, 0.29) is 16.3 Å². The number of benzene rings is 2. The molecule has 5 nitrogen and oxygen atoms in total. The molecule has 0 amide bonds. The molecule has 21 heavy (non-hydrogen) atoms. The molecule has 0 bridgehead atoms. The maximum Gasteiger partial charge on any atom is 0.261 e. The molecule has 2 aromatic rings. The van der Waals surface area contributed by atoms with Crippen molar-refractivity contribution in [1.82, 2.24) is 0 Å². The Morgan fingerprint density at radius 1 is 1.19 bits per heavy atom. The van der Waals surface area contributed by atoms with Crippen LogP contribution in [0.4, 0.5) is 10.1 Å². The molecule has 0 radical (unpaired) electrons. The van der Waals surface area contributed by atoms with Crippen molar-refractivity contribution < 1.29 is 17.5 Å². The van der Waals surface area contributed by atoms with Gasteiger partial charge < -0.3 is 4.74 Å². The number of nitrogens with one attached hydrogen (secondary N) is 1. The van der Waals surface area contributed by atoms with Crippen molar-refractivity contribution in [3.63, 3.8) is 0 Å². The predicted octanol–water partition coefficient (Wildman–Crippen LogP) is 2.51. The van der Waals surface area contributed by atoms with Gasteiger partial charge in [-0.2, -0.15) is 5.26 Å². The van der Waals surface area contributed by atoms with Crippen molar-refractivity contribution in [2.24, 2.45) is 0 Å². The summed E-state index contributed by atoms with van der Waals surface area (Å²) in [6, 6.07) is 11.0. The lowest BCUT2D eigenvalue weighted by atomic mass is 10.2. The van der Waals surface area contributed by atoms with E-state index < -0.39 is 15.8 Å². The average molecular weight is 306 g/mol. The molecule has 0 saturated carbocycles. The van der Waals surface area contributed by atoms with Crippen LogP contribution in [-0.4, -0.2) is 15.5 Å². The molecule has 0 saturated heterocycles. The van der Waals surface area contributed by atoms with Crippen molar-refractivity contribution in [2.75, 3.05) is 11.8 Å². The summed E-state index contributed by atoms with van der Waals surface area (Å²) in [5, 5.41) is 8.68. The molecular formula is C14H11FN2O3S. The van der Waals surface area contributed by atoms with E-state index in [9.17, 15) is 12.8 Å². The third kappa shape index (κ3) is 3.30. The molecule has 0 unspecified atom stereocenters. The summed E-state index contributed by atoms with van der Waals surface area (Å²) in [4.78, 5) is -0.0160. The van der Waals surface area contributed by atoms with Gasteiger partial charge in [-0.3, -0.25) is 4.72 Å². The normalized spacial score (nSPS) is 10.7. The first-order valence-corrected chi connectivity index (χ1v) is 7.31. The Bertz CT molecular complexity index is 796. The predicted molar refractivity (Wildman–Crippen MR) is 74.9 cm³/mol. The number of nitrogens with zero attached hydrogens (tertiary/aromatic N) is 1. The lowest BCUT2D eigenvalue weighted by Gasteiger charge is -2.09. The summed E-state index contributed by atoms with van der Waals surface area (Å²) >= 11 is 0. The SMILES string of the molecule is COc1ccc(NS(=O)(=O)c2ccc(C#N)cc2)cc1F. The number of rotatable bonds is 4. The summed E-state index contributed by atoms with van der Waals surface area (Å²) in [6.07, 6.45) is 0. The van der Waals surface area contributed by atoms with Crippen molar-refractivity contribution in [1.29, 1.82) is 5.26 Å². The molecule has 0 fully saturated rings. The molecule has 0 heterocycles. The van der Waals surface area contributed by atoms with Crippen LogP contribution in [0.3, 0.4) is 0 Å². The fourth-order valence-electron chi connectivity index (χ4n) is 1.65. The molecule has 2 rings (SSSR count). The van der Waals surface area contributed by atoms with Crippen LogP contribution in [-0.2, 0) is 10.0 Å². The van der Waals surface area contributed by atoms with E-state index in [1.54, 1.807) is 0 Å². The van der Waals surface area contributed by atoms with E-state index in [1.807, 2.05) is 6.07 Å². The third-order valence-corrected chi connectivity index (χ3v) is 4.09. The van der Waals surface area contributed by atoms with E-state index in [0.29, 0.717) is 5.56 Å². The number of ether oxygens (including phenoxy) is 1. The second kappa shape index (κ2) is 5.81. The van der Waals surface area contributed by atoms with E-state index in [1.165, 1.54) is 43.5 Å². The van der Waals surface area contributed by atoms with Gasteiger partial charge in [0.15, 0.2) is 11.6 Å². The molecule has 0 aliphatic carbocycles. The van der Waals surface area contributed by atoms with E-state index in [2.05, 4.69) is 4.72 Å². The van der Waals surface area contributed by atoms with Crippen LogP contribution in [0.15, 0.2) is 47.4 Å². The van der Waals surface area contributed by atoms with Gasteiger partial charge in [-0.25, -0.2) is 12.8 Å². The van der Waals surface area contributed by atoms with Crippen LogP contribution in [0.1, 0.15) is 5.56 Å². The fraction of sp³-hybridized carbons (Fsp3) is 0.0714. The summed E-state index contributed by atoms with van der Waals surface area (Å²) in [6.45, 7) is 0. The first-order chi connectivity index (χ1) is 9.96. The van der Waals surface area contributed by atoms with Crippen LogP contribution in [0, 0.1) is 17.1 Å².